The number of furan rings is 1. The molecule has 1 aliphatic rings. The van der Waals surface area contributed by atoms with Crippen LogP contribution in [0.1, 0.15) is 54.4 Å². The van der Waals surface area contributed by atoms with Gasteiger partial charge in [0.2, 0.25) is 0 Å². The summed E-state index contributed by atoms with van der Waals surface area (Å²) in [7, 11) is 0. The van der Waals surface area contributed by atoms with Crippen molar-refractivity contribution in [3.8, 4) is 0 Å². The van der Waals surface area contributed by atoms with Gasteiger partial charge in [-0.15, -0.1) is 0 Å². The molecule has 0 bridgehead atoms. The molecule has 2 N–H and O–H groups in total. The van der Waals surface area contributed by atoms with E-state index in [-0.39, 0.29) is 24.5 Å². The topological polar surface area (TPSA) is 107 Å². The highest BCUT2D eigenvalue weighted by Crippen LogP contribution is 2.28. The Morgan fingerprint density at radius 1 is 1.10 bits per heavy atom. The van der Waals surface area contributed by atoms with Gasteiger partial charge in [-0.3, -0.25) is 0 Å². The van der Waals surface area contributed by atoms with Gasteiger partial charge in [-0.1, -0.05) is 26.0 Å². The number of amides is 2. The van der Waals surface area contributed by atoms with E-state index in [1.807, 2.05) is 12.1 Å². The van der Waals surface area contributed by atoms with Gasteiger partial charge in [0.25, 0.3) is 0 Å². The number of carbonyl (C=O) groups is 3. The van der Waals surface area contributed by atoms with E-state index in [0.29, 0.717) is 17.2 Å². The van der Waals surface area contributed by atoms with E-state index >= 15 is 0 Å². The number of hydrogen-bond acceptors (Lipinski definition) is 6. The van der Waals surface area contributed by atoms with Gasteiger partial charge in [-0.2, -0.15) is 0 Å². The van der Waals surface area contributed by atoms with Crippen LogP contribution in [-0.4, -0.2) is 31.2 Å². The molecule has 0 saturated heterocycles. The first-order chi connectivity index (χ1) is 14.4. The number of benzene rings is 1. The van der Waals surface area contributed by atoms with Gasteiger partial charge in [0.1, 0.15) is 18.4 Å². The van der Waals surface area contributed by atoms with Crippen LogP contribution in [0.4, 0.5) is 4.79 Å². The zero-order valence-electron chi connectivity index (χ0n) is 17.1. The normalized spacial score (nSPS) is 16.1. The van der Waals surface area contributed by atoms with Crippen molar-refractivity contribution < 1.29 is 28.3 Å². The number of ether oxygens (including phenoxy) is 2. The molecule has 1 aliphatic heterocycles. The van der Waals surface area contributed by atoms with E-state index in [2.05, 4.69) is 24.5 Å². The van der Waals surface area contributed by atoms with E-state index < -0.39 is 24.0 Å². The van der Waals surface area contributed by atoms with Gasteiger partial charge < -0.3 is 24.5 Å². The van der Waals surface area contributed by atoms with Crippen molar-refractivity contribution in [2.45, 2.75) is 32.7 Å². The van der Waals surface area contributed by atoms with Gasteiger partial charge >= 0.3 is 18.0 Å². The predicted molar refractivity (Wildman–Crippen MR) is 108 cm³/mol. The van der Waals surface area contributed by atoms with E-state index in [4.69, 9.17) is 13.9 Å². The minimum Gasteiger partial charge on any atom is -0.467 e. The molecular formula is C22H24N2O6. The zero-order valence-corrected chi connectivity index (χ0v) is 17.1. The summed E-state index contributed by atoms with van der Waals surface area (Å²) in [5.41, 5.74) is 1.74. The van der Waals surface area contributed by atoms with Gasteiger partial charge in [-0.05, 0) is 42.7 Å². The van der Waals surface area contributed by atoms with E-state index in [0.717, 1.165) is 5.56 Å². The SMILES string of the molecule is CCOC(=O)C1=C(COC(=O)c2ccc(C(C)C)cc2)NC(=O)NC1c1ccco1. The number of carbonyl (C=O) groups excluding carboxylic acids is 3. The number of rotatable bonds is 7. The lowest BCUT2D eigenvalue weighted by molar-refractivity contribution is -0.139. The number of hydrogen-bond donors (Lipinski definition) is 2. The highest BCUT2D eigenvalue weighted by molar-refractivity contribution is 5.95. The first-order valence-corrected chi connectivity index (χ1v) is 9.68. The molecule has 0 aliphatic carbocycles. The second kappa shape index (κ2) is 9.30. The molecule has 8 heteroatoms. The van der Waals surface area contributed by atoms with Crippen LogP contribution in [-0.2, 0) is 14.3 Å². The lowest BCUT2D eigenvalue weighted by Crippen LogP contribution is -2.47. The Hall–Kier alpha value is -3.55. The minimum absolute atomic E-state index is 0.120. The third kappa shape index (κ3) is 4.71. The highest BCUT2D eigenvalue weighted by Gasteiger charge is 2.35. The van der Waals surface area contributed by atoms with Crippen molar-refractivity contribution in [1.29, 1.82) is 0 Å². The van der Waals surface area contributed by atoms with Crippen molar-refractivity contribution in [1.82, 2.24) is 10.6 Å². The maximum absolute atomic E-state index is 12.6. The van der Waals surface area contributed by atoms with E-state index in [1.165, 1.54) is 6.26 Å². The van der Waals surface area contributed by atoms with Crippen molar-refractivity contribution >= 4 is 18.0 Å². The molecule has 2 aromatic rings. The fourth-order valence-corrected chi connectivity index (χ4v) is 3.08. The largest absolute Gasteiger partial charge is 0.467 e. The van der Waals surface area contributed by atoms with Gasteiger partial charge in [-0.25, -0.2) is 14.4 Å². The summed E-state index contributed by atoms with van der Waals surface area (Å²) in [5, 5.41) is 5.17. The first-order valence-electron chi connectivity index (χ1n) is 9.68. The molecule has 2 amide bonds. The fourth-order valence-electron chi connectivity index (χ4n) is 3.08. The molecule has 0 spiro atoms. The maximum Gasteiger partial charge on any atom is 0.338 e. The van der Waals surface area contributed by atoms with E-state index in [1.54, 1.807) is 31.2 Å². The van der Waals surface area contributed by atoms with Crippen molar-refractivity contribution in [3.63, 3.8) is 0 Å². The highest BCUT2D eigenvalue weighted by atomic mass is 16.5. The molecule has 0 fully saturated rings. The second-order valence-corrected chi connectivity index (χ2v) is 7.01. The van der Waals surface area contributed by atoms with Crippen LogP contribution < -0.4 is 10.6 Å². The summed E-state index contributed by atoms with van der Waals surface area (Å²) in [5.74, 6) is -0.501. The lowest BCUT2D eigenvalue weighted by Gasteiger charge is -2.27. The quantitative estimate of drug-likeness (QED) is 0.675. The second-order valence-electron chi connectivity index (χ2n) is 7.01. The Morgan fingerprint density at radius 3 is 2.43 bits per heavy atom. The van der Waals surface area contributed by atoms with Crippen molar-refractivity contribution in [2.75, 3.05) is 13.2 Å². The molecule has 8 nitrogen and oxygen atoms in total. The van der Waals surface area contributed by atoms with Crippen LogP contribution in [0.2, 0.25) is 0 Å². The predicted octanol–water partition coefficient (Wildman–Crippen LogP) is 3.43. The van der Waals surface area contributed by atoms with Crippen LogP contribution in [0.25, 0.3) is 0 Å². The van der Waals surface area contributed by atoms with Crippen molar-refractivity contribution in [3.05, 3.63) is 70.8 Å². The summed E-state index contributed by atoms with van der Waals surface area (Å²) >= 11 is 0. The summed E-state index contributed by atoms with van der Waals surface area (Å²) in [4.78, 5) is 37.2. The summed E-state index contributed by atoms with van der Waals surface area (Å²) in [6.07, 6.45) is 1.44. The number of nitrogens with one attached hydrogen (secondary N) is 2. The Balaban J connectivity index is 1.84. The van der Waals surface area contributed by atoms with Crippen LogP contribution >= 0.6 is 0 Å². The molecule has 1 unspecified atom stereocenters. The smallest absolute Gasteiger partial charge is 0.338 e. The molecule has 1 atom stereocenters. The molecule has 1 aromatic heterocycles. The van der Waals surface area contributed by atoms with Gasteiger partial charge in [0.05, 0.1) is 29.7 Å². The third-order valence-corrected chi connectivity index (χ3v) is 4.64. The molecule has 158 valence electrons. The van der Waals surface area contributed by atoms with Gasteiger partial charge in [0, 0.05) is 0 Å². The lowest BCUT2D eigenvalue weighted by atomic mass is 10.0. The number of esters is 2. The Kier molecular flexibility index (Phi) is 6.56. The minimum atomic E-state index is -0.855. The molecule has 3 rings (SSSR count). The molecule has 30 heavy (non-hydrogen) atoms. The molecular weight excluding hydrogens is 388 g/mol. The third-order valence-electron chi connectivity index (χ3n) is 4.64. The van der Waals surface area contributed by atoms with E-state index in [9.17, 15) is 14.4 Å². The zero-order chi connectivity index (χ0) is 21.7. The molecule has 1 aromatic carbocycles. The summed E-state index contributed by atoms with van der Waals surface area (Å²) < 4.78 is 15.9. The van der Waals surface area contributed by atoms with Crippen LogP contribution in [0, 0.1) is 0 Å². The van der Waals surface area contributed by atoms with Crippen LogP contribution in [0.15, 0.2) is 58.3 Å². The average molecular weight is 412 g/mol. The Bertz CT molecular complexity index is 945. The average Bonchev–Trinajstić information content (AvgIpc) is 3.26. The first kappa shape index (κ1) is 21.2. The Labute approximate surface area is 174 Å². The van der Waals surface area contributed by atoms with Crippen LogP contribution in [0.3, 0.4) is 0 Å². The van der Waals surface area contributed by atoms with Crippen LogP contribution in [0.5, 0.6) is 0 Å². The molecule has 2 heterocycles. The number of urea groups is 1. The summed E-state index contributed by atoms with van der Waals surface area (Å²) in [6, 6.07) is 8.98. The summed E-state index contributed by atoms with van der Waals surface area (Å²) in [6.45, 7) is 5.65. The van der Waals surface area contributed by atoms with Gasteiger partial charge in [0.15, 0.2) is 0 Å². The van der Waals surface area contributed by atoms with Crippen molar-refractivity contribution in [2.24, 2.45) is 0 Å². The fraction of sp³-hybridized carbons (Fsp3) is 0.318. The molecule has 0 radical (unpaired) electrons. The standard InChI is InChI=1S/C22H24N2O6/c1-4-28-21(26)18-16(23-22(27)24-19(18)17-6-5-11-29-17)12-30-20(25)15-9-7-14(8-10-15)13(2)3/h5-11,13,19H,4,12H2,1-3H3,(H2,23,24,27). The monoisotopic (exact) mass is 412 g/mol. The Morgan fingerprint density at radius 2 is 1.83 bits per heavy atom. The molecule has 0 saturated carbocycles. The maximum atomic E-state index is 12.6.